The summed E-state index contributed by atoms with van der Waals surface area (Å²) in [5.41, 5.74) is -0.127. The van der Waals surface area contributed by atoms with Crippen molar-refractivity contribution in [3.63, 3.8) is 0 Å². The van der Waals surface area contributed by atoms with Crippen molar-refractivity contribution in [1.29, 1.82) is 0 Å². The molecule has 0 aromatic rings. The quantitative estimate of drug-likeness (QED) is 0.624. The van der Waals surface area contributed by atoms with Crippen LogP contribution in [-0.4, -0.2) is 47.0 Å². The first-order valence-electron chi connectivity index (χ1n) is 5.17. The lowest BCUT2D eigenvalue weighted by Crippen LogP contribution is -2.51. The molecule has 0 aromatic heterocycles. The van der Waals surface area contributed by atoms with Crippen LogP contribution >= 0.6 is 0 Å². The molecule has 0 aliphatic carbocycles. The van der Waals surface area contributed by atoms with Crippen LogP contribution in [0.4, 0.5) is 0 Å². The van der Waals surface area contributed by atoms with Crippen LogP contribution in [-0.2, 0) is 0 Å². The summed E-state index contributed by atoms with van der Waals surface area (Å²) in [6, 6.07) is 0. The lowest BCUT2D eigenvalue weighted by atomic mass is 9.91. The molecule has 0 heterocycles. The number of aliphatic hydroxyl groups is 2. The molecule has 80 valence electrons. The van der Waals surface area contributed by atoms with Crippen LogP contribution in [0.15, 0.2) is 0 Å². The zero-order chi connectivity index (χ0) is 10.3. The van der Waals surface area contributed by atoms with E-state index in [4.69, 9.17) is 5.11 Å². The molecule has 3 nitrogen and oxygen atoms in total. The van der Waals surface area contributed by atoms with Gasteiger partial charge in [-0.2, -0.15) is 0 Å². The second-order valence-corrected chi connectivity index (χ2v) is 3.39. The lowest BCUT2D eigenvalue weighted by molar-refractivity contribution is 0.0154. The van der Waals surface area contributed by atoms with E-state index in [0.717, 1.165) is 19.4 Å². The highest BCUT2D eigenvalue weighted by molar-refractivity contribution is 4.87. The number of hydrogen-bond donors (Lipinski definition) is 2. The van der Waals surface area contributed by atoms with Gasteiger partial charge in [0.15, 0.2) is 0 Å². The van der Waals surface area contributed by atoms with Crippen molar-refractivity contribution >= 4 is 0 Å². The maximum absolute atomic E-state index is 9.38. The Labute approximate surface area is 81.4 Å². The van der Waals surface area contributed by atoms with Gasteiger partial charge in [-0.25, -0.2) is 0 Å². The molecule has 0 aliphatic rings. The monoisotopic (exact) mass is 189 g/mol. The molecule has 0 radical (unpaired) electrons. The van der Waals surface area contributed by atoms with Crippen LogP contribution in [0.3, 0.4) is 0 Å². The van der Waals surface area contributed by atoms with E-state index in [1.807, 2.05) is 0 Å². The maximum atomic E-state index is 9.38. The van der Waals surface area contributed by atoms with Gasteiger partial charge >= 0.3 is 0 Å². The molecular weight excluding hydrogens is 166 g/mol. The molecular formula is C10H23NO2. The zero-order valence-electron chi connectivity index (χ0n) is 9.08. The fraction of sp³-hybridized carbons (Fsp3) is 1.00. The van der Waals surface area contributed by atoms with Gasteiger partial charge < -0.3 is 10.2 Å². The summed E-state index contributed by atoms with van der Waals surface area (Å²) < 4.78 is 0. The number of hydrogen-bond acceptors (Lipinski definition) is 3. The minimum Gasteiger partial charge on any atom is -0.395 e. The van der Waals surface area contributed by atoms with E-state index >= 15 is 0 Å². The third-order valence-electron chi connectivity index (χ3n) is 3.03. The molecule has 0 spiro atoms. The van der Waals surface area contributed by atoms with Crippen molar-refractivity contribution in [2.24, 2.45) is 0 Å². The van der Waals surface area contributed by atoms with E-state index in [2.05, 4.69) is 25.7 Å². The zero-order valence-corrected chi connectivity index (χ0v) is 9.08. The van der Waals surface area contributed by atoms with Gasteiger partial charge in [-0.3, -0.25) is 4.90 Å². The highest BCUT2D eigenvalue weighted by Crippen LogP contribution is 2.22. The Morgan fingerprint density at radius 3 is 1.85 bits per heavy atom. The highest BCUT2D eigenvalue weighted by Gasteiger charge is 2.30. The van der Waals surface area contributed by atoms with Crippen molar-refractivity contribution in [3.05, 3.63) is 0 Å². The average molecular weight is 189 g/mol. The topological polar surface area (TPSA) is 43.7 Å². The number of aliphatic hydroxyl groups excluding tert-OH is 2. The number of likely N-dealkylation sites (N-methyl/N-ethyl adjacent to an activating group) is 1. The van der Waals surface area contributed by atoms with Crippen molar-refractivity contribution < 1.29 is 10.2 Å². The summed E-state index contributed by atoms with van der Waals surface area (Å²) in [5, 5.41) is 18.3. The van der Waals surface area contributed by atoms with Crippen molar-refractivity contribution in [1.82, 2.24) is 4.90 Å². The first kappa shape index (κ1) is 12.9. The first-order valence-corrected chi connectivity index (χ1v) is 5.17. The van der Waals surface area contributed by atoms with E-state index in [9.17, 15) is 5.11 Å². The lowest BCUT2D eigenvalue weighted by Gasteiger charge is -2.41. The molecule has 0 aliphatic heterocycles. The molecule has 0 bridgehead atoms. The Morgan fingerprint density at radius 1 is 1.08 bits per heavy atom. The Balaban J connectivity index is 4.45. The Bertz CT molecular complexity index is 116. The van der Waals surface area contributed by atoms with Crippen LogP contribution in [0.5, 0.6) is 0 Å². The standard InChI is InChI=1S/C10H23NO2/c1-4-10(5-2,9-13)11(6-3)7-8-12/h12-13H,4-9H2,1-3H3. The summed E-state index contributed by atoms with van der Waals surface area (Å²) in [6.07, 6.45) is 1.85. The van der Waals surface area contributed by atoms with Gasteiger partial charge in [0.05, 0.1) is 13.2 Å². The van der Waals surface area contributed by atoms with E-state index in [1.54, 1.807) is 0 Å². The Kier molecular flexibility index (Phi) is 6.29. The number of nitrogens with zero attached hydrogens (tertiary/aromatic N) is 1. The molecule has 0 unspecified atom stereocenters. The van der Waals surface area contributed by atoms with Gasteiger partial charge in [-0.1, -0.05) is 20.8 Å². The molecule has 0 rings (SSSR count). The van der Waals surface area contributed by atoms with Crippen molar-refractivity contribution in [3.8, 4) is 0 Å². The van der Waals surface area contributed by atoms with Gasteiger partial charge in [-0.15, -0.1) is 0 Å². The van der Waals surface area contributed by atoms with E-state index in [-0.39, 0.29) is 18.8 Å². The van der Waals surface area contributed by atoms with Gasteiger partial charge in [0, 0.05) is 12.1 Å². The van der Waals surface area contributed by atoms with E-state index in [0.29, 0.717) is 6.54 Å². The smallest absolute Gasteiger partial charge is 0.0615 e. The second-order valence-electron chi connectivity index (χ2n) is 3.39. The highest BCUT2D eigenvalue weighted by atomic mass is 16.3. The fourth-order valence-corrected chi connectivity index (χ4v) is 1.87. The predicted octanol–water partition coefficient (Wildman–Crippen LogP) is 0.852. The average Bonchev–Trinajstić information content (AvgIpc) is 2.19. The molecule has 0 amide bonds. The van der Waals surface area contributed by atoms with Crippen molar-refractivity contribution in [2.75, 3.05) is 26.3 Å². The summed E-state index contributed by atoms with van der Waals surface area (Å²) >= 11 is 0. The molecule has 0 aromatic carbocycles. The van der Waals surface area contributed by atoms with Gasteiger partial charge in [-0.05, 0) is 19.4 Å². The molecule has 13 heavy (non-hydrogen) atoms. The molecule has 0 atom stereocenters. The van der Waals surface area contributed by atoms with Crippen molar-refractivity contribution in [2.45, 2.75) is 39.2 Å². The Hall–Kier alpha value is -0.120. The Morgan fingerprint density at radius 2 is 1.62 bits per heavy atom. The minimum atomic E-state index is -0.127. The molecule has 2 N–H and O–H groups in total. The molecule has 0 saturated carbocycles. The predicted molar refractivity (Wildman–Crippen MR) is 54.7 cm³/mol. The van der Waals surface area contributed by atoms with E-state index in [1.165, 1.54) is 0 Å². The van der Waals surface area contributed by atoms with Crippen LogP contribution in [0, 0.1) is 0 Å². The summed E-state index contributed by atoms with van der Waals surface area (Å²) in [4.78, 5) is 2.16. The minimum absolute atomic E-state index is 0.127. The SMILES string of the molecule is CCN(CCO)C(CC)(CC)CO. The first-order chi connectivity index (χ1) is 6.20. The van der Waals surface area contributed by atoms with Crippen LogP contribution in [0.2, 0.25) is 0 Å². The number of rotatable bonds is 7. The van der Waals surface area contributed by atoms with Crippen LogP contribution in [0.25, 0.3) is 0 Å². The van der Waals surface area contributed by atoms with Crippen LogP contribution < -0.4 is 0 Å². The van der Waals surface area contributed by atoms with Gasteiger partial charge in [0.25, 0.3) is 0 Å². The van der Waals surface area contributed by atoms with Gasteiger partial charge in [0.1, 0.15) is 0 Å². The van der Waals surface area contributed by atoms with Gasteiger partial charge in [0.2, 0.25) is 0 Å². The normalized spacial score (nSPS) is 12.5. The largest absolute Gasteiger partial charge is 0.395 e. The summed E-state index contributed by atoms with van der Waals surface area (Å²) in [5.74, 6) is 0. The number of β-amino-alcohol motifs (C(OH)–C–C–N with tert-alkyl or cyclic N) is 1. The van der Waals surface area contributed by atoms with Crippen LogP contribution in [0.1, 0.15) is 33.6 Å². The molecule has 0 saturated heterocycles. The molecule has 0 fully saturated rings. The fourth-order valence-electron chi connectivity index (χ4n) is 1.87. The third-order valence-corrected chi connectivity index (χ3v) is 3.03. The summed E-state index contributed by atoms with van der Waals surface area (Å²) in [6.45, 7) is 8.09. The second kappa shape index (κ2) is 6.35. The molecule has 3 heteroatoms. The van der Waals surface area contributed by atoms with E-state index < -0.39 is 0 Å². The summed E-state index contributed by atoms with van der Waals surface area (Å²) in [7, 11) is 0. The maximum Gasteiger partial charge on any atom is 0.0615 e. The third kappa shape index (κ3) is 2.93.